The van der Waals surface area contributed by atoms with Crippen molar-refractivity contribution >= 4 is 75.8 Å². The largest absolute Gasteiger partial charge is 0.478 e. The van der Waals surface area contributed by atoms with E-state index in [0.717, 1.165) is 33.2 Å². The number of likely N-dealkylation sites (N-methyl/N-ethyl adjacent to an activating group) is 2. The van der Waals surface area contributed by atoms with Crippen LogP contribution in [-0.2, 0) is 70.5 Å². The van der Waals surface area contributed by atoms with E-state index < -0.39 is 82.8 Å². The number of carboxylic acids is 1. The molecular formula is C69H89N11O11. The highest BCUT2D eigenvalue weighted by atomic mass is 16.5. The van der Waals surface area contributed by atoms with Gasteiger partial charge in [-0.15, -0.1) is 0 Å². The molecule has 6 rings (SSSR count). The minimum Gasteiger partial charge on any atom is -0.478 e. The average Bonchev–Trinajstić information content (AvgIpc) is 1.66. The van der Waals surface area contributed by atoms with E-state index in [2.05, 4.69) is 49.1 Å². The van der Waals surface area contributed by atoms with E-state index >= 15 is 0 Å². The van der Waals surface area contributed by atoms with E-state index in [1.165, 1.54) is 11.8 Å². The molecule has 0 unspecified atom stereocenters. The SMILES string of the molecule is CN[C@H](C(=O)N[C@H](C(=O)N(C)[C@H](/C=C(\C)C(=O)O)C(C)C)C(C)(C)C)C(C)(C)c1cn(C)c2cc(CNC(=O)OCc3ccc(NC(=O)[C@H](CCCNC(N)=O)NC(=O)[C@@H](NC(=O)CCC(=O)N4Cc5ccccc5C#Cc5ccccc54)C(C)C)cc3)ccc12. The molecule has 4 aromatic carbocycles. The van der Waals surface area contributed by atoms with Crippen LogP contribution in [0.15, 0.2) is 109 Å². The molecule has 22 heteroatoms. The molecule has 1 aliphatic rings. The van der Waals surface area contributed by atoms with Crippen LogP contribution in [0.1, 0.15) is 128 Å². The highest BCUT2D eigenvalue weighted by molar-refractivity contribution is 6.00. The van der Waals surface area contributed by atoms with E-state index in [1.807, 2.05) is 133 Å². The molecular weight excluding hydrogens is 1160 g/mol. The molecule has 1 aromatic heterocycles. The number of aliphatic carboxylic acids is 1. The maximum Gasteiger partial charge on any atom is 0.407 e. The fourth-order valence-corrected chi connectivity index (χ4v) is 11.0. The Morgan fingerprint density at radius 2 is 1.42 bits per heavy atom. The van der Waals surface area contributed by atoms with Gasteiger partial charge in [-0.1, -0.05) is 135 Å². The number of carbonyl (C=O) groups excluding carboxylic acids is 8. The van der Waals surface area contributed by atoms with Gasteiger partial charge in [0.2, 0.25) is 35.4 Å². The number of urea groups is 1. The number of aromatic nitrogens is 1. The molecule has 5 aromatic rings. The number of primary amides is 1. The number of fused-ring (bicyclic) bond motifs is 3. The molecule has 0 aliphatic carbocycles. The predicted molar refractivity (Wildman–Crippen MR) is 350 cm³/mol. The van der Waals surface area contributed by atoms with Gasteiger partial charge in [-0.05, 0) is 103 Å². The first kappa shape index (κ1) is 70.6. The lowest BCUT2D eigenvalue weighted by molar-refractivity contribution is -0.141. The van der Waals surface area contributed by atoms with Crippen LogP contribution in [0.4, 0.5) is 21.0 Å². The summed E-state index contributed by atoms with van der Waals surface area (Å²) < 4.78 is 7.50. The van der Waals surface area contributed by atoms with Gasteiger partial charge in [-0.3, -0.25) is 28.8 Å². The normalized spacial score (nSPS) is 13.9. The van der Waals surface area contributed by atoms with Gasteiger partial charge in [0, 0.05) is 84.9 Å². The van der Waals surface area contributed by atoms with E-state index in [9.17, 15) is 48.3 Å². The van der Waals surface area contributed by atoms with Crippen molar-refractivity contribution in [1.29, 1.82) is 0 Å². The van der Waals surface area contributed by atoms with Crippen molar-refractivity contribution < 1.29 is 53.0 Å². The highest BCUT2D eigenvalue weighted by Crippen LogP contribution is 2.36. The molecule has 486 valence electrons. The van der Waals surface area contributed by atoms with Crippen LogP contribution >= 0.6 is 0 Å². The van der Waals surface area contributed by atoms with E-state index in [4.69, 9.17) is 10.5 Å². The average molecular weight is 1250 g/mol. The van der Waals surface area contributed by atoms with Crippen LogP contribution in [0.2, 0.25) is 0 Å². The summed E-state index contributed by atoms with van der Waals surface area (Å²) in [5, 5.41) is 30.4. The molecule has 0 fully saturated rings. The third-order valence-corrected chi connectivity index (χ3v) is 16.3. The van der Waals surface area contributed by atoms with Crippen LogP contribution in [0, 0.1) is 29.1 Å². The molecule has 2 heterocycles. The standard InChI is InChI=1S/C69H89N11O11/c1-41(2)54(35-43(5)65(87)88)79(13)64(86)60(68(6,7)8)77-63(85)59(71-11)69(9,10)51-39-78(12)55-36-45(26-31-50(51)55)37-73-67(90)91-40-44-24-29-49(30-25-44)74-61(83)52(22-18-34-72-66(70)89)75-62(84)58(42(3)4)76-56(81)32-33-57(82)80-38-48-21-15-14-19-46(48)27-28-47-20-16-17-23-53(47)80/h14-17,19-21,23-26,29-31,35-36,39,41-42,52,54,58-60,71H,18,22,32-34,37-38,40H2,1-13H3,(H,73,90)(H,74,83)(H,75,84)(H,76,81)(H,77,85)(H,87,88)(H3,70,72,89)/b43-35+/t52-,54+,58-,59+,60+/m0/s1. The summed E-state index contributed by atoms with van der Waals surface area (Å²) in [7, 11) is 5.21. The Balaban J connectivity index is 1.03. The summed E-state index contributed by atoms with van der Waals surface area (Å²) in [4.78, 5) is 123. The molecule has 1 aliphatic heterocycles. The third kappa shape index (κ3) is 18.8. The van der Waals surface area contributed by atoms with Crippen LogP contribution in [-0.4, -0.2) is 119 Å². The van der Waals surface area contributed by atoms with Gasteiger partial charge in [0.1, 0.15) is 24.7 Å². The third-order valence-electron chi connectivity index (χ3n) is 16.3. The minimum atomic E-state index is -1.11. The van der Waals surface area contributed by atoms with Crippen molar-refractivity contribution in [1.82, 2.24) is 41.4 Å². The number of carbonyl (C=O) groups is 9. The number of rotatable bonds is 27. The first-order valence-electron chi connectivity index (χ1n) is 30.6. The lowest BCUT2D eigenvalue weighted by Crippen LogP contribution is -2.61. The second kappa shape index (κ2) is 31.3. The number of hydrogen-bond acceptors (Lipinski definition) is 11. The van der Waals surface area contributed by atoms with Crippen molar-refractivity contribution in [3.05, 3.63) is 142 Å². The van der Waals surface area contributed by atoms with Crippen molar-refractivity contribution in [2.75, 3.05) is 30.9 Å². The number of ether oxygens (including phenoxy) is 1. The number of aryl methyl sites for hydroxylation is 1. The molecule has 0 spiro atoms. The number of amides is 9. The summed E-state index contributed by atoms with van der Waals surface area (Å²) in [6, 6.07) is 22.0. The number of carboxylic acid groups (broad SMARTS) is 1. The van der Waals surface area contributed by atoms with Crippen molar-refractivity contribution in [2.24, 2.45) is 30.0 Å². The summed E-state index contributed by atoms with van der Waals surface area (Å²) in [5.74, 6) is 1.99. The topological polar surface area (TPSA) is 305 Å². The lowest BCUT2D eigenvalue weighted by Gasteiger charge is -2.39. The van der Waals surface area contributed by atoms with Crippen molar-refractivity contribution in [2.45, 2.75) is 150 Å². The molecule has 0 radical (unpaired) electrons. The Morgan fingerprint density at radius 1 is 0.769 bits per heavy atom. The summed E-state index contributed by atoms with van der Waals surface area (Å²) in [6.45, 7) is 18.7. The number of alkyl carbamates (subject to hydrolysis) is 1. The monoisotopic (exact) mass is 1250 g/mol. The van der Waals surface area contributed by atoms with Gasteiger partial charge in [-0.25, -0.2) is 14.4 Å². The number of anilines is 2. The van der Waals surface area contributed by atoms with E-state index in [0.29, 0.717) is 22.5 Å². The number of nitrogens with one attached hydrogen (secondary N) is 7. The van der Waals surface area contributed by atoms with Gasteiger partial charge < -0.3 is 67.2 Å². The predicted octanol–water partition coefficient (Wildman–Crippen LogP) is 7.25. The number of para-hydroxylation sites is 1. The molecule has 22 nitrogen and oxygen atoms in total. The molecule has 5 atom stereocenters. The summed E-state index contributed by atoms with van der Waals surface area (Å²) in [5.41, 5.74) is 10.3. The zero-order chi connectivity index (χ0) is 67.1. The number of nitrogens with zero attached hydrogens (tertiary/aromatic N) is 3. The van der Waals surface area contributed by atoms with Crippen LogP contribution in [0.3, 0.4) is 0 Å². The summed E-state index contributed by atoms with van der Waals surface area (Å²) >= 11 is 0. The smallest absolute Gasteiger partial charge is 0.407 e. The van der Waals surface area contributed by atoms with Crippen LogP contribution in [0.5, 0.6) is 0 Å². The number of benzene rings is 4. The molecule has 0 bridgehead atoms. The Kier molecular flexibility index (Phi) is 24.3. The van der Waals surface area contributed by atoms with E-state index in [-0.39, 0.29) is 81.1 Å². The molecule has 91 heavy (non-hydrogen) atoms. The maximum atomic E-state index is 14.4. The Bertz CT molecular complexity index is 3590. The Labute approximate surface area is 533 Å². The zero-order valence-corrected chi connectivity index (χ0v) is 54.5. The first-order valence-corrected chi connectivity index (χ1v) is 30.6. The molecule has 0 saturated heterocycles. The van der Waals surface area contributed by atoms with Gasteiger partial charge in [0.05, 0.1) is 24.3 Å². The minimum absolute atomic E-state index is 0.0916. The van der Waals surface area contributed by atoms with Gasteiger partial charge in [-0.2, -0.15) is 0 Å². The van der Waals surface area contributed by atoms with Crippen molar-refractivity contribution in [3.63, 3.8) is 0 Å². The van der Waals surface area contributed by atoms with Gasteiger partial charge >= 0.3 is 18.1 Å². The van der Waals surface area contributed by atoms with Crippen LogP contribution < -0.4 is 47.9 Å². The van der Waals surface area contributed by atoms with E-state index in [1.54, 1.807) is 63.2 Å². The molecule has 10 N–H and O–H groups in total. The van der Waals surface area contributed by atoms with Gasteiger partial charge in [0.25, 0.3) is 0 Å². The second-order valence-electron chi connectivity index (χ2n) is 25.4. The Morgan fingerprint density at radius 3 is 2.05 bits per heavy atom. The second-order valence-corrected chi connectivity index (χ2v) is 25.4. The first-order chi connectivity index (χ1) is 42.9. The molecule has 0 saturated carbocycles. The highest BCUT2D eigenvalue weighted by Gasteiger charge is 2.43. The summed E-state index contributed by atoms with van der Waals surface area (Å²) in [6.07, 6.45) is 2.85. The van der Waals surface area contributed by atoms with Crippen LogP contribution in [0.25, 0.3) is 10.9 Å². The quantitative estimate of drug-likeness (QED) is 0.0143. The van der Waals surface area contributed by atoms with Crippen molar-refractivity contribution in [3.8, 4) is 11.8 Å². The lowest BCUT2D eigenvalue weighted by atomic mass is 9.76. The zero-order valence-electron chi connectivity index (χ0n) is 54.5. The Hall–Kier alpha value is -9.49. The number of hydrogen-bond donors (Lipinski definition) is 9. The molecule has 9 amide bonds. The maximum absolute atomic E-state index is 14.4. The fraction of sp³-hybridized carbons (Fsp3) is 0.435. The number of nitrogens with two attached hydrogens (primary N) is 1. The fourth-order valence-electron chi connectivity index (χ4n) is 11.0. The van der Waals surface area contributed by atoms with Gasteiger partial charge in [0.15, 0.2) is 0 Å².